The highest BCUT2D eigenvalue weighted by Gasteiger charge is 2.20. The van der Waals surface area contributed by atoms with Gasteiger partial charge in [-0.2, -0.15) is 0 Å². The van der Waals surface area contributed by atoms with Crippen LogP contribution >= 0.6 is 0 Å². The molecular formula is C15H22N2O2. The molecule has 1 aromatic carbocycles. The molecule has 19 heavy (non-hydrogen) atoms. The number of hydrogen-bond donors (Lipinski definition) is 1. The van der Waals surface area contributed by atoms with Crippen molar-refractivity contribution in [3.63, 3.8) is 0 Å². The number of rotatable bonds is 3. The van der Waals surface area contributed by atoms with Crippen molar-refractivity contribution < 1.29 is 9.47 Å². The van der Waals surface area contributed by atoms with Gasteiger partial charge in [-0.05, 0) is 43.6 Å². The molecule has 4 heteroatoms. The van der Waals surface area contributed by atoms with Gasteiger partial charge in [-0.15, -0.1) is 0 Å². The first-order valence-electron chi connectivity index (χ1n) is 7.20. The minimum atomic E-state index is -0.0135. The molecule has 104 valence electrons. The van der Waals surface area contributed by atoms with Crippen molar-refractivity contribution in [2.45, 2.75) is 31.9 Å². The van der Waals surface area contributed by atoms with Gasteiger partial charge in [0, 0.05) is 13.1 Å². The highest BCUT2D eigenvalue weighted by atomic mass is 16.6. The van der Waals surface area contributed by atoms with Gasteiger partial charge in [-0.1, -0.05) is 12.5 Å². The van der Waals surface area contributed by atoms with Crippen LogP contribution in [0.15, 0.2) is 18.2 Å². The predicted molar refractivity (Wildman–Crippen MR) is 74.5 cm³/mol. The molecule has 4 nitrogen and oxygen atoms in total. The third kappa shape index (κ3) is 3.01. The van der Waals surface area contributed by atoms with Crippen LogP contribution < -0.4 is 15.2 Å². The van der Waals surface area contributed by atoms with Crippen molar-refractivity contribution in [3.05, 3.63) is 23.8 Å². The molecule has 0 amide bonds. The largest absolute Gasteiger partial charge is 0.486 e. The number of piperidine rings is 1. The molecule has 0 aromatic heterocycles. The number of hydrogen-bond acceptors (Lipinski definition) is 4. The first kappa shape index (κ1) is 12.8. The maximum Gasteiger partial charge on any atom is 0.161 e. The maximum absolute atomic E-state index is 5.76. The SMILES string of the molecule is NCC1COc2cc(CN3CCCCC3)ccc2O1. The molecule has 0 radical (unpaired) electrons. The first-order valence-corrected chi connectivity index (χ1v) is 7.20. The molecule has 1 fully saturated rings. The lowest BCUT2D eigenvalue weighted by molar-refractivity contribution is 0.0965. The Morgan fingerprint density at radius 3 is 2.79 bits per heavy atom. The van der Waals surface area contributed by atoms with E-state index in [0.717, 1.165) is 18.0 Å². The molecule has 0 aliphatic carbocycles. The van der Waals surface area contributed by atoms with Gasteiger partial charge >= 0.3 is 0 Å². The van der Waals surface area contributed by atoms with Gasteiger partial charge in [0.1, 0.15) is 12.7 Å². The number of ether oxygens (including phenoxy) is 2. The minimum absolute atomic E-state index is 0.0135. The van der Waals surface area contributed by atoms with Crippen molar-refractivity contribution in [1.29, 1.82) is 0 Å². The molecule has 1 saturated heterocycles. The highest BCUT2D eigenvalue weighted by Crippen LogP contribution is 2.32. The van der Waals surface area contributed by atoms with Crippen molar-refractivity contribution in [1.82, 2.24) is 4.90 Å². The summed E-state index contributed by atoms with van der Waals surface area (Å²) >= 11 is 0. The lowest BCUT2D eigenvalue weighted by Gasteiger charge is -2.28. The average Bonchev–Trinajstić information content (AvgIpc) is 2.48. The standard InChI is InChI=1S/C15H22N2O2/c16-9-13-11-18-15-8-12(4-5-14(15)19-13)10-17-6-2-1-3-7-17/h4-5,8,13H,1-3,6-7,9-11,16H2. The van der Waals surface area contributed by atoms with Crippen LogP contribution in [-0.4, -0.2) is 37.2 Å². The number of fused-ring (bicyclic) bond motifs is 1. The second-order valence-corrected chi connectivity index (χ2v) is 5.40. The van der Waals surface area contributed by atoms with Crippen molar-refractivity contribution in [2.24, 2.45) is 5.73 Å². The highest BCUT2D eigenvalue weighted by molar-refractivity contribution is 5.44. The quantitative estimate of drug-likeness (QED) is 0.902. The van der Waals surface area contributed by atoms with E-state index in [0.29, 0.717) is 13.2 Å². The van der Waals surface area contributed by atoms with Crippen molar-refractivity contribution in [3.8, 4) is 11.5 Å². The zero-order valence-electron chi connectivity index (χ0n) is 11.3. The Morgan fingerprint density at radius 1 is 1.16 bits per heavy atom. The first-order chi connectivity index (χ1) is 9.35. The molecule has 2 N–H and O–H groups in total. The fraction of sp³-hybridized carbons (Fsp3) is 0.600. The summed E-state index contributed by atoms with van der Waals surface area (Å²) in [6, 6.07) is 6.25. The van der Waals surface area contributed by atoms with E-state index in [9.17, 15) is 0 Å². The van der Waals surface area contributed by atoms with Crippen molar-refractivity contribution in [2.75, 3.05) is 26.2 Å². The molecule has 3 rings (SSSR count). The molecule has 1 atom stereocenters. The van der Waals surface area contributed by atoms with E-state index in [1.807, 2.05) is 6.07 Å². The van der Waals surface area contributed by atoms with Gasteiger partial charge in [-0.3, -0.25) is 4.90 Å². The van der Waals surface area contributed by atoms with Crippen LogP contribution in [0.4, 0.5) is 0 Å². The van der Waals surface area contributed by atoms with Crippen molar-refractivity contribution >= 4 is 0 Å². The minimum Gasteiger partial charge on any atom is -0.486 e. The Hall–Kier alpha value is -1.26. The Kier molecular flexibility index (Phi) is 3.89. The van der Waals surface area contributed by atoms with E-state index >= 15 is 0 Å². The maximum atomic E-state index is 5.76. The Labute approximate surface area is 114 Å². The van der Waals surface area contributed by atoms with E-state index < -0.39 is 0 Å². The summed E-state index contributed by atoms with van der Waals surface area (Å²) in [4.78, 5) is 2.51. The van der Waals surface area contributed by atoms with E-state index in [4.69, 9.17) is 15.2 Å². The third-order valence-corrected chi connectivity index (χ3v) is 3.84. The summed E-state index contributed by atoms with van der Waals surface area (Å²) in [6.07, 6.45) is 4.00. The third-order valence-electron chi connectivity index (χ3n) is 3.84. The monoisotopic (exact) mass is 262 g/mol. The van der Waals surface area contributed by atoms with Gasteiger partial charge in [-0.25, -0.2) is 0 Å². The van der Waals surface area contributed by atoms with Gasteiger partial charge in [0.05, 0.1) is 0 Å². The summed E-state index contributed by atoms with van der Waals surface area (Å²) in [5.41, 5.74) is 6.90. The lowest BCUT2D eigenvalue weighted by atomic mass is 10.1. The molecule has 2 aliphatic heterocycles. The van der Waals surface area contributed by atoms with Crippen LogP contribution in [0.1, 0.15) is 24.8 Å². The number of nitrogens with two attached hydrogens (primary N) is 1. The smallest absolute Gasteiger partial charge is 0.161 e. The number of likely N-dealkylation sites (tertiary alicyclic amines) is 1. The predicted octanol–water partition coefficient (Wildman–Crippen LogP) is 1.77. The van der Waals surface area contributed by atoms with Gasteiger partial charge in [0.25, 0.3) is 0 Å². The molecule has 1 aromatic rings. The zero-order chi connectivity index (χ0) is 13.1. The topological polar surface area (TPSA) is 47.7 Å². The fourth-order valence-electron chi connectivity index (χ4n) is 2.75. The second-order valence-electron chi connectivity index (χ2n) is 5.40. The van der Waals surface area contributed by atoms with E-state index in [1.165, 1.54) is 37.9 Å². The Morgan fingerprint density at radius 2 is 2.00 bits per heavy atom. The molecule has 0 bridgehead atoms. The summed E-state index contributed by atoms with van der Waals surface area (Å²) in [5.74, 6) is 1.68. The summed E-state index contributed by atoms with van der Waals surface area (Å²) in [6.45, 7) is 4.48. The second kappa shape index (κ2) is 5.80. The van der Waals surface area contributed by atoms with Crippen LogP contribution in [0.5, 0.6) is 11.5 Å². The van der Waals surface area contributed by atoms with Crippen LogP contribution in [0, 0.1) is 0 Å². The molecule has 2 aliphatic rings. The van der Waals surface area contributed by atoms with Crippen LogP contribution in [0.3, 0.4) is 0 Å². The summed E-state index contributed by atoms with van der Waals surface area (Å²) in [7, 11) is 0. The zero-order valence-corrected chi connectivity index (χ0v) is 11.3. The van der Waals surface area contributed by atoms with Crippen LogP contribution in [-0.2, 0) is 6.54 Å². The van der Waals surface area contributed by atoms with Gasteiger partial charge in [0.2, 0.25) is 0 Å². The normalized spacial score (nSPS) is 23.3. The Bertz CT molecular complexity index is 430. The molecular weight excluding hydrogens is 240 g/mol. The van der Waals surface area contributed by atoms with Crippen LogP contribution in [0.25, 0.3) is 0 Å². The molecule has 0 spiro atoms. The van der Waals surface area contributed by atoms with Gasteiger partial charge < -0.3 is 15.2 Å². The molecule has 1 unspecified atom stereocenters. The van der Waals surface area contributed by atoms with Crippen LogP contribution in [0.2, 0.25) is 0 Å². The number of nitrogens with zero attached hydrogens (tertiary/aromatic N) is 1. The lowest BCUT2D eigenvalue weighted by Crippen LogP contribution is -2.35. The molecule has 0 saturated carbocycles. The molecule has 2 heterocycles. The average molecular weight is 262 g/mol. The Balaban J connectivity index is 1.67. The van der Waals surface area contributed by atoms with E-state index in [-0.39, 0.29) is 6.10 Å². The summed E-state index contributed by atoms with van der Waals surface area (Å²) in [5, 5.41) is 0. The van der Waals surface area contributed by atoms with E-state index in [1.54, 1.807) is 0 Å². The fourth-order valence-corrected chi connectivity index (χ4v) is 2.75. The van der Waals surface area contributed by atoms with Gasteiger partial charge in [0.15, 0.2) is 11.5 Å². The van der Waals surface area contributed by atoms with E-state index in [2.05, 4.69) is 17.0 Å². The summed E-state index contributed by atoms with van der Waals surface area (Å²) < 4.78 is 11.5. The number of benzene rings is 1.